The summed E-state index contributed by atoms with van der Waals surface area (Å²) in [5, 5.41) is 3.66. The Kier molecular flexibility index (Phi) is 24.1. The first kappa shape index (κ1) is 36.5. The third-order valence-corrected chi connectivity index (χ3v) is 5.27. The quantitative estimate of drug-likeness (QED) is 0.278. The van der Waals surface area contributed by atoms with Crippen molar-refractivity contribution in [2.24, 2.45) is 0 Å². The molecule has 1 aliphatic heterocycles. The number of allylic oxidation sites excluding steroid dienone is 1. The fourth-order valence-corrected chi connectivity index (χ4v) is 3.47. The number of nitrogens with zero attached hydrogens (tertiary/aromatic N) is 2. The molecule has 2 heterocycles. The van der Waals surface area contributed by atoms with Crippen molar-refractivity contribution in [3.8, 4) is 24.0 Å². The molecule has 1 N–H and O–H groups in total. The molecule has 0 atom stereocenters. The average Bonchev–Trinajstić information content (AvgIpc) is 2.99. The molecule has 0 spiro atoms. The van der Waals surface area contributed by atoms with Gasteiger partial charge in [-0.05, 0) is 87.8 Å². The molecule has 0 radical (unpaired) electrons. The SMILES string of the molecule is C#C.C=CC.C=Cc1ccncc1.CC.CC.Cc1cccc(-c2ccc(NC3CCN(C)CC3)cc2)c1. The van der Waals surface area contributed by atoms with Gasteiger partial charge >= 0.3 is 0 Å². The molecular formula is C35H51N3. The summed E-state index contributed by atoms with van der Waals surface area (Å²) in [6.45, 7) is 21.4. The van der Waals surface area contributed by atoms with Gasteiger partial charge in [-0.3, -0.25) is 4.98 Å². The first-order valence-corrected chi connectivity index (χ1v) is 13.6. The number of aromatic nitrogens is 1. The van der Waals surface area contributed by atoms with Gasteiger partial charge in [0.05, 0.1) is 0 Å². The fourth-order valence-electron chi connectivity index (χ4n) is 3.47. The van der Waals surface area contributed by atoms with Gasteiger partial charge in [-0.2, -0.15) is 0 Å². The van der Waals surface area contributed by atoms with Crippen LogP contribution >= 0.6 is 0 Å². The number of hydrogen-bond donors (Lipinski definition) is 1. The minimum absolute atomic E-state index is 0.617. The molecule has 2 aromatic carbocycles. The van der Waals surface area contributed by atoms with Crippen LogP contribution in [-0.4, -0.2) is 36.1 Å². The second-order valence-electron chi connectivity index (χ2n) is 8.06. The lowest BCUT2D eigenvalue weighted by Gasteiger charge is -2.30. The van der Waals surface area contributed by atoms with Crippen LogP contribution in [0.15, 0.2) is 92.3 Å². The molecule has 1 aliphatic rings. The summed E-state index contributed by atoms with van der Waals surface area (Å²) in [6.07, 6.45) is 17.5. The number of hydrogen-bond acceptors (Lipinski definition) is 3. The van der Waals surface area contributed by atoms with Gasteiger partial charge in [-0.15, -0.1) is 19.4 Å². The predicted octanol–water partition coefficient (Wildman–Crippen LogP) is 9.39. The summed E-state index contributed by atoms with van der Waals surface area (Å²) >= 11 is 0. The Labute approximate surface area is 234 Å². The first-order chi connectivity index (χ1) is 18.5. The Morgan fingerprint density at radius 1 is 0.868 bits per heavy atom. The van der Waals surface area contributed by atoms with Crippen molar-refractivity contribution in [1.29, 1.82) is 0 Å². The van der Waals surface area contributed by atoms with Crippen LogP contribution in [0.4, 0.5) is 5.69 Å². The molecule has 0 amide bonds. The number of anilines is 1. The Morgan fingerprint density at radius 2 is 1.39 bits per heavy atom. The van der Waals surface area contributed by atoms with Crippen molar-refractivity contribution in [2.45, 2.75) is 60.4 Å². The molecule has 1 fully saturated rings. The fraction of sp³-hybridized carbons (Fsp3) is 0.343. The van der Waals surface area contributed by atoms with E-state index in [0.717, 1.165) is 5.56 Å². The van der Waals surface area contributed by atoms with Crippen molar-refractivity contribution >= 4 is 11.8 Å². The highest BCUT2D eigenvalue weighted by molar-refractivity contribution is 5.66. The predicted molar refractivity (Wildman–Crippen MR) is 174 cm³/mol. The molecule has 0 saturated carbocycles. The van der Waals surface area contributed by atoms with E-state index in [2.05, 4.69) is 104 Å². The van der Waals surface area contributed by atoms with E-state index in [4.69, 9.17) is 0 Å². The van der Waals surface area contributed by atoms with E-state index in [-0.39, 0.29) is 0 Å². The van der Waals surface area contributed by atoms with Crippen LogP contribution in [0.1, 0.15) is 58.6 Å². The second-order valence-corrected chi connectivity index (χ2v) is 8.06. The molecule has 206 valence electrons. The highest BCUT2D eigenvalue weighted by Crippen LogP contribution is 2.23. The standard InChI is InChI=1S/C19H24N2.C7H7N.C3H6.2C2H6.C2H2/c1-15-4-3-5-17(14-15)16-6-8-18(9-7-16)20-19-10-12-21(2)13-11-19;1-2-7-3-5-8-6-4-7;1-3-2;3*1-2/h3-9,14,19-20H,10-13H2,1-2H3;2-6H,1H2;3H,1H2,2H3;2*1-2H3;1-2H. The van der Waals surface area contributed by atoms with Gasteiger partial charge in [0, 0.05) is 24.1 Å². The molecule has 0 aliphatic carbocycles. The minimum atomic E-state index is 0.617. The van der Waals surface area contributed by atoms with Crippen LogP contribution < -0.4 is 5.32 Å². The van der Waals surface area contributed by atoms with Crippen LogP contribution in [-0.2, 0) is 0 Å². The summed E-state index contributed by atoms with van der Waals surface area (Å²) in [7, 11) is 2.20. The maximum absolute atomic E-state index is 4.00. The molecule has 1 saturated heterocycles. The molecular weight excluding hydrogens is 462 g/mol. The smallest absolute Gasteiger partial charge is 0.0342 e. The maximum atomic E-state index is 4.00. The number of nitrogens with one attached hydrogen (secondary N) is 1. The molecule has 0 unspecified atom stereocenters. The summed E-state index contributed by atoms with van der Waals surface area (Å²) in [4.78, 5) is 6.25. The minimum Gasteiger partial charge on any atom is -0.382 e. The highest BCUT2D eigenvalue weighted by atomic mass is 15.1. The number of piperidine rings is 1. The van der Waals surface area contributed by atoms with E-state index in [1.54, 1.807) is 24.5 Å². The number of aryl methyl sites for hydroxylation is 1. The number of rotatable bonds is 4. The zero-order chi connectivity index (χ0) is 29.2. The molecule has 1 aromatic heterocycles. The van der Waals surface area contributed by atoms with Gasteiger partial charge < -0.3 is 10.2 Å². The van der Waals surface area contributed by atoms with Crippen LogP contribution in [0.3, 0.4) is 0 Å². The lowest BCUT2D eigenvalue weighted by molar-refractivity contribution is 0.264. The van der Waals surface area contributed by atoms with E-state index in [9.17, 15) is 0 Å². The van der Waals surface area contributed by atoms with E-state index in [1.807, 2.05) is 46.8 Å². The van der Waals surface area contributed by atoms with Gasteiger partial charge in [0.1, 0.15) is 0 Å². The molecule has 3 aromatic rings. The van der Waals surface area contributed by atoms with Crippen LogP contribution in [0.5, 0.6) is 0 Å². The number of benzene rings is 2. The monoisotopic (exact) mass is 513 g/mol. The number of likely N-dealkylation sites (tertiary alicyclic amines) is 1. The zero-order valence-electron chi connectivity index (χ0n) is 25.0. The van der Waals surface area contributed by atoms with Crippen LogP contribution in [0.2, 0.25) is 0 Å². The van der Waals surface area contributed by atoms with Gasteiger partial charge in [-0.25, -0.2) is 0 Å². The largest absolute Gasteiger partial charge is 0.382 e. The Bertz CT molecular complexity index is 967. The lowest BCUT2D eigenvalue weighted by atomic mass is 10.0. The van der Waals surface area contributed by atoms with Crippen molar-refractivity contribution in [3.05, 3.63) is 103 Å². The highest BCUT2D eigenvalue weighted by Gasteiger charge is 2.16. The normalized spacial score (nSPS) is 11.8. The van der Waals surface area contributed by atoms with Gasteiger partial charge in [0.15, 0.2) is 0 Å². The number of pyridine rings is 1. The Hall–Kier alpha value is -3.61. The lowest BCUT2D eigenvalue weighted by Crippen LogP contribution is -2.36. The molecule has 38 heavy (non-hydrogen) atoms. The van der Waals surface area contributed by atoms with Gasteiger partial charge in [0.25, 0.3) is 0 Å². The van der Waals surface area contributed by atoms with Crippen LogP contribution in [0, 0.1) is 19.8 Å². The van der Waals surface area contributed by atoms with Crippen molar-refractivity contribution in [1.82, 2.24) is 9.88 Å². The third kappa shape index (κ3) is 16.2. The molecule has 0 bridgehead atoms. The van der Waals surface area contributed by atoms with E-state index < -0.39 is 0 Å². The topological polar surface area (TPSA) is 28.2 Å². The zero-order valence-corrected chi connectivity index (χ0v) is 25.0. The molecule has 3 heteroatoms. The van der Waals surface area contributed by atoms with Gasteiger partial charge in [-0.1, -0.05) is 88.4 Å². The number of terminal acetylenes is 1. The van der Waals surface area contributed by atoms with Crippen LogP contribution in [0.25, 0.3) is 17.2 Å². The summed E-state index contributed by atoms with van der Waals surface area (Å²) < 4.78 is 0. The van der Waals surface area contributed by atoms with E-state index in [1.165, 1.54) is 48.3 Å². The van der Waals surface area contributed by atoms with Crippen molar-refractivity contribution in [3.63, 3.8) is 0 Å². The van der Waals surface area contributed by atoms with Crippen molar-refractivity contribution < 1.29 is 0 Å². The summed E-state index contributed by atoms with van der Waals surface area (Å²) in [5.74, 6) is 0. The Morgan fingerprint density at radius 3 is 1.84 bits per heavy atom. The Balaban J connectivity index is 0. The maximum Gasteiger partial charge on any atom is 0.0342 e. The van der Waals surface area contributed by atoms with E-state index in [0.29, 0.717) is 6.04 Å². The van der Waals surface area contributed by atoms with Gasteiger partial charge in [0.2, 0.25) is 0 Å². The first-order valence-electron chi connectivity index (χ1n) is 13.6. The van der Waals surface area contributed by atoms with E-state index >= 15 is 0 Å². The average molecular weight is 514 g/mol. The molecule has 4 rings (SSSR count). The summed E-state index contributed by atoms with van der Waals surface area (Å²) in [6, 6.07) is 21.9. The summed E-state index contributed by atoms with van der Waals surface area (Å²) in [5.41, 5.74) is 6.23. The third-order valence-electron chi connectivity index (χ3n) is 5.27. The molecule has 3 nitrogen and oxygen atoms in total. The second kappa shape index (κ2) is 25.1. The van der Waals surface area contributed by atoms with Crippen molar-refractivity contribution in [2.75, 3.05) is 25.5 Å².